The van der Waals surface area contributed by atoms with Gasteiger partial charge >= 0.3 is 0 Å². The molecule has 0 aliphatic carbocycles. The van der Waals surface area contributed by atoms with E-state index < -0.39 is 0 Å². The molecule has 3 rings (SSSR count). The van der Waals surface area contributed by atoms with Gasteiger partial charge in [0.1, 0.15) is 0 Å². The predicted molar refractivity (Wildman–Crippen MR) is 83.9 cm³/mol. The summed E-state index contributed by atoms with van der Waals surface area (Å²) in [7, 11) is 0. The van der Waals surface area contributed by atoms with Crippen molar-refractivity contribution >= 4 is 17.5 Å². The minimum absolute atomic E-state index is 0.0290. The highest BCUT2D eigenvalue weighted by molar-refractivity contribution is 5.97. The van der Waals surface area contributed by atoms with Crippen molar-refractivity contribution in [3.63, 3.8) is 0 Å². The molecule has 118 valence electrons. The summed E-state index contributed by atoms with van der Waals surface area (Å²) in [6.07, 6.45) is 1.65. The lowest BCUT2D eigenvalue weighted by Gasteiger charge is -2.35. The van der Waals surface area contributed by atoms with Gasteiger partial charge in [0, 0.05) is 37.3 Å². The molecule has 0 N–H and O–H groups in total. The fourth-order valence-electron chi connectivity index (χ4n) is 3.23. The second kappa shape index (κ2) is 6.08. The van der Waals surface area contributed by atoms with E-state index in [2.05, 4.69) is 0 Å². The number of anilines is 1. The standard InChI is InChI=1S/C17H22N2O3/c1-12-10-18(11-13(2)22-12)17(21)14-5-7-15(8-6-14)19-9-3-4-16(19)20/h5-8,12-13H,3-4,9-11H2,1-2H3. The molecule has 0 spiro atoms. The number of amides is 2. The number of benzene rings is 1. The molecule has 0 bridgehead atoms. The molecule has 2 atom stereocenters. The molecule has 2 fully saturated rings. The SMILES string of the molecule is CC1CN(C(=O)c2ccc(N3CCCC3=O)cc2)CC(C)O1. The molecule has 2 amide bonds. The van der Waals surface area contributed by atoms with E-state index in [1.165, 1.54) is 0 Å². The third-order valence-corrected chi connectivity index (χ3v) is 4.21. The third kappa shape index (κ3) is 2.99. The van der Waals surface area contributed by atoms with Crippen molar-refractivity contribution < 1.29 is 14.3 Å². The molecule has 1 aromatic rings. The van der Waals surface area contributed by atoms with Gasteiger partial charge in [-0.2, -0.15) is 0 Å². The summed E-state index contributed by atoms with van der Waals surface area (Å²) in [5.41, 5.74) is 1.54. The first-order valence-electron chi connectivity index (χ1n) is 7.90. The van der Waals surface area contributed by atoms with E-state index in [1.807, 2.05) is 43.0 Å². The van der Waals surface area contributed by atoms with Crippen molar-refractivity contribution in [3.05, 3.63) is 29.8 Å². The van der Waals surface area contributed by atoms with Gasteiger partial charge in [0.2, 0.25) is 5.91 Å². The van der Waals surface area contributed by atoms with Gasteiger partial charge in [-0.05, 0) is 44.5 Å². The lowest BCUT2D eigenvalue weighted by molar-refractivity contribution is -0.117. The highest BCUT2D eigenvalue weighted by Crippen LogP contribution is 2.22. The first-order chi connectivity index (χ1) is 10.5. The van der Waals surface area contributed by atoms with Crippen LogP contribution in [0, 0.1) is 0 Å². The van der Waals surface area contributed by atoms with E-state index in [0.717, 1.165) is 18.7 Å². The van der Waals surface area contributed by atoms with E-state index in [9.17, 15) is 9.59 Å². The third-order valence-electron chi connectivity index (χ3n) is 4.21. The Morgan fingerprint density at radius 1 is 1.14 bits per heavy atom. The lowest BCUT2D eigenvalue weighted by atomic mass is 10.1. The largest absolute Gasteiger partial charge is 0.372 e. The average Bonchev–Trinajstić information content (AvgIpc) is 2.92. The number of hydrogen-bond acceptors (Lipinski definition) is 3. The molecule has 1 aromatic carbocycles. The van der Waals surface area contributed by atoms with E-state index in [1.54, 1.807) is 4.90 Å². The second-order valence-corrected chi connectivity index (χ2v) is 6.16. The molecule has 2 heterocycles. The Bertz CT molecular complexity index is 560. The smallest absolute Gasteiger partial charge is 0.254 e. The van der Waals surface area contributed by atoms with Crippen LogP contribution in [0.15, 0.2) is 24.3 Å². The fourth-order valence-corrected chi connectivity index (χ4v) is 3.23. The van der Waals surface area contributed by atoms with Crippen LogP contribution in [0.4, 0.5) is 5.69 Å². The van der Waals surface area contributed by atoms with Gasteiger partial charge < -0.3 is 14.5 Å². The van der Waals surface area contributed by atoms with Gasteiger partial charge in [-0.1, -0.05) is 0 Å². The first-order valence-corrected chi connectivity index (χ1v) is 7.90. The molecule has 0 saturated carbocycles. The Labute approximate surface area is 130 Å². The molecule has 0 aromatic heterocycles. The van der Waals surface area contributed by atoms with Crippen LogP contribution in [0.25, 0.3) is 0 Å². The molecule has 2 aliphatic rings. The van der Waals surface area contributed by atoms with Crippen molar-refractivity contribution in [2.45, 2.75) is 38.9 Å². The molecular weight excluding hydrogens is 280 g/mol. The minimum atomic E-state index is 0.0290. The minimum Gasteiger partial charge on any atom is -0.372 e. The topological polar surface area (TPSA) is 49.9 Å². The van der Waals surface area contributed by atoms with Crippen LogP contribution in [0.2, 0.25) is 0 Å². The van der Waals surface area contributed by atoms with E-state index in [4.69, 9.17) is 4.74 Å². The van der Waals surface area contributed by atoms with E-state index in [0.29, 0.717) is 25.1 Å². The maximum absolute atomic E-state index is 12.6. The quantitative estimate of drug-likeness (QED) is 0.840. The number of ether oxygens (including phenoxy) is 1. The van der Waals surface area contributed by atoms with Gasteiger partial charge in [0.15, 0.2) is 0 Å². The maximum atomic E-state index is 12.6. The average molecular weight is 302 g/mol. The number of rotatable bonds is 2. The van der Waals surface area contributed by atoms with Crippen molar-refractivity contribution in [2.75, 3.05) is 24.5 Å². The molecule has 2 unspecified atom stereocenters. The number of nitrogens with zero attached hydrogens (tertiary/aromatic N) is 2. The summed E-state index contributed by atoms with van der Waals surface area (Å²) < 4.78 is 5.66. The van der Waals surface area contributed by atoms with Crippen LogP contribution >= 0.6 is 0 Å². The van der Waals surface area contributed by atoms with Crippen LogP contribution < -0.4 is 4.90 Å². The number of carbonyl (C=O) groups is 2. The van der Waals surface area contributed by atoms with Crippen LogP contribution in [0.1, 0.15) is 37.0 Å². The number of carbonyl (C=O) groups excluding carboxylic acids is 2. The molecular formula is C17H22N2O3. The Kier molecular flexibility index (Phi) is 4.16. The summed E-state index contributed by atoms with van der Waals surface area (Å²) in [5, 5.41) is 0. The normalized spacial score (nSPS) is 25.6. The monoisotopic (exact) mass is 302 g/mol. The molecule has 5 heteroatoms. The summed E-state index contributed by atoms with van der Waals surface area (Å²) >= 11 is 0. The number of hydrogen-bond donors (Lipinski definition) is 0. The molecule has 22 heavy (non-hydrogen) atoms. The van der Waals surface area contributed by atoms with Crippen molar-refractivity contribution in [2.24, 2.45) is 0 Å². The first kappa shape index (κ1) is 15.0. The predicted octanol–water partition coefficient (Wildman–Crippen LogP) is 2.06. The van der Waals surface area contributed by atoms with Crippen LogP contribution in [0.3, 0.4) is 0 Å². The summed E-state index contributed by atoms with van der Waals surface area (Å²) in [5.74, 6) is 0.191. The maximum Gasteiger partial charge on any atom is 0.254 e. The second-order valence-electron chi connectivity index (χ2n) is 6.16. The Balaban J connectivity index is 1.72. The van der Waals surface area contributed by atoms with Crippen LogP contribution in [-0.4, -0.2) is 48.6 Å². The van der Waals surface area contributed by atoms with Gasteiger partial charge in [0.25, 0.3) is 5.91 Å². The summed E-state index contributed by atoms with van der Waals surface area (Å²) in [4.78, 5) is 28.0. The highest BCUT2D eigenvalue weighted by Gasteiger charge is 2.27. The zero-order valence-corrected chi connectivity index (χ0v) is 13.1. The summed E-state index contributed by atoms with van der Waals surface area (Å²) in [6, 6.07) is 7.36. The number of morpholine rings is 1. The molecule has 5 nitrogen and oxygen atoms in total. The van der Waals surface area contributed by atoms with E-state index >= 15 is 0 Å². The van der Waals surface area contributed by atoms with Crippen molar-refractivity contribution in [3.8, 4) is 0 Å². The summed E-state index contributed by atoms with van der Waals surface area (Å²) in [6.45, 7) is 5.98. The molecule has 2 saturated heterocycles. The zero-order chi connectivity index (χ0) is 15.7. The fraction of sp³-hybridized carbons (Fsp3) is 0.529. The van der Waals surface area contributed by atoms with Gasteiger partial charge in [-0.3, -0.25) is 9.59 Å². The zero-order valence-electron chi connectivity index (χ0n) is 13.1. The molecule has 0 radical (unpaired) electrons. The Morgan fingerprint density at radius 2 is 1.77 bits per heavy atom. The highest BCUT2D eigenvalue weighted by atomic mass is 16.5. The van der Waals surface area contributed by atoms with Crippen molar-refractivity contribution in [1.29, 1.82) is 0 Å². The van der Waals surface area contributed by atoms with Gasteiger partial charge in [0.05, 0.1) is 12.2 Å². The Morgan fingerprint density at radius 3 is 2.32 bits per heavy atom. The van der Waals surface area contributed by atoms with Gasteiger partial charge in [-0.25, -0.2) is 0 Å². The van der Waals surface area contributed by atoms with Gasteiger partial charge in [-0.15, -0.1) is 0 Å². The van der Waals surface area contributed by atoms with Crippen LogP contribution in [0.5, 0.6) is 0 Å². The van der Waals surface area contributed by atoms with E-state index in [-0.39, 0.29) is 24.0 Å². The molecule has 2 aliphatic heterocycles. The van der Waals surface area contributed by atoms with Crippen molar-refractivity contribution in [1.82, 2.24) is 4.90 Å². The van der Waals surface area contributed by atoms with Crippen LogP contribution in [-0.2, 0) is 9.53 Å². The lowest BCUT2D eigenvalue weighted by Crippen LogP contribution is -2.48. The Hall–Kier alpha value is -1.88.